The Bertz CT molecular complexity index is 1160. The van der Waals surface area contributed by atoms with Gasteiger partial charge in [0.05, 0.1) is 11.8 Å². The summed E-state index contributed by atoms with van der Waals surface area (Å²) in [5.74, 6) is 0.595. The van der Waals surface area contributed by atoms with Crippen LogP contribution in [0.1, 0.15) is 23.7 Å². The minimum atomic E-state index is -0.575. The standard InChI is InChI=1S/C23H21N5O3S2/c1-27-23(24-25-26-27)33-14-17-13-32-19-12-18(29)28(19)20(17)22(30)31-21(15-8-4-2-5-9-15)16-10-6-3-7-11-16/h2-11,19,21H,12-14H2,1H3. The predicted molar refractivity (Wildman–Crippen MR) is 125 cm³/mol. The molecule has 2 aromatic carbocycles. The number of rotatable bonds is 7. The monoisotopic (exact) mass is 479 g/mol. The first-order valence-corrected chi connectivity index (χ1v) is 12.5. The van der Waals surface area contributed by atoms with Gasteiger partial charge in [-0.05, 0) is 27.1 Å². The zero-order valence-corrected chi connectivity index (χ0v) is 19.5. The first-order valence-electron chi connectivity index (χ1n) is 10.4. The number of carbonyl (C=O) groups is 2. The van der Waals surface area contributed by atoms with E-state index in [4.69, 9.17) is 4.74 Å². The van der Waals surface area contributed by atoms with Gasteiger partial charge < -0.3 is 4.74 Å². The number of amides is 1. The van der Waals surface area contributed by atoms with Crippen LogP contribution in [0.5, 0.6) is 0 Å². The van der Waals surface area contributed by atoms with Gasteiger partial charge in [-0.3, -0.25) is 9.69 Å². The number of nitrogens with zero attached hydrogens (tertiary/aromatic N) is 5. The van der Waals surface area contributed by atoms with Crippen LogP contribution in [0.3, 0.4) is 0 Å². The number of esters is 1. The Hall–Kier alpha value is -3.11. The van der Waals surface area contributed by atoms with Crippen molar-refractivity contribution in [1.82, 2.24) is 25.1 Å². The molecule has 1 aromatic heterocycles. The molecule has 1 saturated heterocycles. The van der Waals surface area contributed by atoms with Gasteiger partial charge in [-0.1, -0.05) is 72.4 Å². The van der Waals surface area contributed by atoms with Crippen molar-refractivity contribution in [3.8, 4) is 0 Å². The van der Waals surface area contributed by atoms with Crippen molar-refractivity contribution in [2.45, 2.75) is 23.1 Å². The van der Waals surface area contributed by atoms with Crippen LogP contribution in [-0.4, -0.2) is 53.9 Å². The Morgan fingerprint density at radius 3 is 2.39 bits per heavy atom. The van der Waals surface area contributed by atoms with Crippen LogP contribution < -0.4 is 0 Å². The SMILES string of the molecule is Cn1nnnc1SCC1=C(C(=O)OC(c2ccccc2)c2ccccc2)N2C(=O)CC2SC1. The fourth-order valence-corrected chi connectivity index (χ4v) is 6.07. The average molecular weight is 480 g/mol. The largest absolute Gasteiger partial charge is 0.448 e. The number of ether oxygens (including phenoxy) is 1. The van der Waals surface area contributed by atoms with Crippen LogP contribution in [0, 0.1) is 0 Å². The summed E-state index contributed by atoms with van der Waals surface area (Å²) in [5, 5.41) is 12.1. The molecule has 1 unspecified atom stereocenters. The van der Waals surface area contributed by atoms with Gasteiger partial charge in [0.15, 0.2) is 6.10 Å². The molecule has 3 aromatic rings. The molecule has 33 heavy (non-hydrogen) atoms. The van der Waals surface area contributed by atoms with Crippen molar-refractivity contribution in [1.29, 1.82) is 0 Å². The number of fused-ring (bicyclic) bond motifs is 1. The van der Waals surface area contributed by atoms with Crippen LogP contribution in [-0.2, 0) is 21.4 Å². The van der Waals surface area contributed by atoms with Crippen molar-refractivity contribution in [3.63, 3.8) is 0 Å². The summed E-state index contributed by atoms with van der Waals surface area (Å²) in [7, 11) is 1.76. The smallest absolute Gasteiger partial charge is 0.356 e. The lowest BCUT2D eigenvalue weighted by Crippen LogP contribution is -2.54. The summed E-state index contributed by atoms with van der Waals surface area (Å²) >= 11 is 3.10. The molecule has 168 valence electrons. The predicted octanol–water partition coefficient (Wildman–Crippen LogP) is 3.19. The molecule has 10 heteroatoms. The lowest BCUT2D eigenvalue weighted by atomic mass is 10.0. The molecule has 8 nitrogen and oxygen atoms in total. The quantitative estimate of drug-likeness (QED) is 0.290. The van der Waals surface area contributed by atoms with Crippen molar-refractivity contribution >= 4 is 35.4 Å². The average Bonchev–Trinajstić information content (AvgIpc) is 3.26. The highest BCUT2D eigenvalue weighted by Crippen LogP contribution is 2.42. The summed E-state index contributed by atoms with van der Waals surface area (Å²) in [4.78, 5) is 27.6. The molecule has 0 radical (unpaired) electrons. The zero-order chi connectivity index (χ0) is 22.8. The van der Waals surface area contributed by atoms with Crippen LogP contribution >= 0.6 is 23.5 Å². The normalized spacial score (nSPS) is 17.7. The number of hydrogen-bond donors (Lipinski definition) is 0. The van der Waals surface area contributed by atoms with Gasteiger partial charge in [0, 0.05) is 18.6 Å². The molecule has 0 saturated carbocycles. The van der Waals surface area contributed by atoms with Crippen molar-refractivity contribution < 1.29 is 14.3 Å². The molecule has 3 heterocycles. The lowest BCUT2D eigenvalue weighted by Gasteiger charge is -2.44. The summed E-state index contributed by atoms with van der Waals surface area (Å²) in [6.45, 7) is 0. The second-order valence-electron chi connectivity index (χ2n) is 7.67. The molecule has 1 fully saturated rings. The van der Waals surface area contributed by atoms with Gasteiger partial charge in [-0.25, -0.2) is 9.48 Å². The number of carbonyl (C=O) groups excluding carboxylic acids is 2. The molecule has 2 aliphatic heterocycles. The molecule has 2 aliphatic rings. The maximum Gasteiger partial charge on any atom is 0.356 e. The molecule has 1 amide bonds. The number of aryl methyl sites for hydroxylation is 1. The highest BCUT2D eigenvalue weighted by atomic mass is 32.2. The van der Waals surface area contributed by atoms with E-state index in [1.807, 2.05) is 60.7 Å². The number of tetrazole rings is 1. The van der Waals surface area contributed by atoms with Gasteiger partial charge in [0.25, 0.3) is 0 Å². The third-order valence-electron chi connectivity index (χ3n) is 5.51. The summed E-state index contributed by atoms with van der Waals surface area (Å²) in [6.07, 6.45) is -0.135. The van der Waals surface area contributed by atoms with E-state index >= 15 is 0 Å². The van der Waals surface area contributed by atoms with E-state index in [9.17, 15) is 9.59 Å². The maximum absolute atomic E-state index is 13.6. The number of thioether (sulfide) groups is 2. The second kappa shape index (κ2) is 9.40. The van der Waals surface area contributed by atoms with Gasteiger partial charge in [0.2, 0.25) is 11.1 Å². The number of β-lactam (4-membered cyclic amide) rings is 1. The van der Waals surface area contributed by atoms with Crippen molar-refractivity contribution in [2.24, 2.45) is 7.05 Å². The number of benzene rings is 2. The highest BCUT2D eigenvalue weighted by molar-refractivity contribution is 8.00. The van der Waals surface area contributed by atoms with Crippen LogP contribution in [0.4, 0.5) is 0 Å². The summed E-state index contributed by atoms with van der Waals surface area (Å²) < 4.78 is 7.68. The van der Waals surface area contributed by atoms with Crippen LogP contribution in [0.25, 0.3) is 0 Å². The van der Waals surface area contributed by atoms with E-state index in [0.717, 1.165) is 16.7 Å². The maximum atomic E-state index is 13.6. The minimum Gasteiger partial charge on any atom is -0.448 e. The summed E-state index contributed by atoms with van der Waals surface area (Å²) in [6, 6.07) is 19.3. The van der Waals surface area contributed by atoms with Crippen molar-refractivity contribution in [3.05, 3.63) is 83.1 Å². The second-order valence-corrected chi connectivity index (χ2v) is 9.77. The molecular weight excluding hydrogens is 458 g/mol. The van der Waals surface area contributed by atoms with E-state index < -0.39 is 12.1 Å². The highest BCUT2D eigenvalue weighted by Gasteiger charge is 2.46. The Labute approximate surface area is 199 Å². The zero-order valence-electron chi connectivity index (χ0n) is 17.8. The minimum absolute atomic E-state index is 0.0165. The van der Waals surface area contributed by atoms with Gasteiger partial charge in [-0.2, -0.15) is 0 Å². The lowest BCUT2D eigenvalue weighted by molar-refractivity contribution is -0.151. The molecule has 5 rings (SSSR count). The van der Waals surface area contributed by atoms with E-state index in [2.05, 4.69) is 15.5 Å². The molecule has 0 N–H and O–H groups in total. The molecule has 0 aliphatic carbocycles. The van der Waals surface area contributed by atoms with E-state index in [1.165, 1.54) is 11.8 Å². The third-order valence-corrected chi connectivity index (χ3v) is 7.89. The van der Waals surface area contributed by atoms with Gasteiger partial charge in [-0.15, -0.1) is 16.9 Å². The van der Waals surface area contributed by atoms with E-state index in [0.29, 0.717) is 28.8 Å². The topological polar surface area (TPSA) is 90.2 Å². The Balaban J connectivity index is 1.46. The van der Waals surface area contributed by atoms with E-state index in [-0.39, 0.29) is 11.3 Å². The first-order chi connectivity index (χ1) is 16.1. The number of hydrogen-bond acceptors (Lipinski definition) is 8. The molecular formula is C23H21N5O3S2. The van der Waals surface area contributed by atoms with Crippen LogP contribution in [0.2, 0.25) is 0 Å². The fourth-order valence-electron chi connectivity index (χ4n) is 3.82. The molecule has 1 atom stereocenters. The van der Waals surface area contributed by atoms with Gasteiger partial charge >= 0.3 is 5.97 Å². The molecule has 0 bridgehead atoms. The Morgan fingerprint density at radius 1 is 1.15 bits per heavy atom. The van der Waals surface area contributed by atoms with Crippen molar-refractivity contribution in [2.75, 3.05) is 11.5 Å². The fraction of sp³-hybridized carbons (Fsp3) is 0.261. The summed E-state index contributed by atoms with van der Waals surface area (Å²) in [5.41, 5.74) is 2.95. The third kappa shape index (κ3) is 4.40. The molecule has 0 spiro atoms. The van der Waals surface area contributed by atoms with Crippen LogP contribution in [0.15, 0.2) is 77.1 Å². The van der Waals surface area contributed by atoms with Gasteiger partial charge in [0.1, 0.15) is 5.70 Å². The number of aromatic nitrogens is 4. The van der Waals surface area contributed by atoms with E-state index in [1.54, 1.807) is 28.4 Å². The first kappa shape index (κ1) is 21.7. The Morgan fingerprint density at radius 2 is 1.82 bits per heavy atom. The Kier molecular flexibility index (Phi) is 6.19.